The van der Waals surface area contributed by atoms with Gasteiger partial charge >= 0.3 is 0 Å². The Kier molecular flexibility index (Phi) is 12.9. The first-order valence-corrected chi connectivity index (χ1v) is 8.23. The molecule has 0 aromatic carbocycles. The molecule has 0 bridgehead atoms. The van der Waals surface area contributed by atoms with Gasteiger partial charge in [0.2, 0.25) is 5.91 Å². The van der Waals surface area contributed by atoms with Gasteiger partial charge in [0.25, 0.3) is 5.91 Å². The van der Waals surface area contributed by atoms with Crippen LogP contribution in [-0.2, 0) is 9.59 Å². The Hall–Kier alpha value is -1.84. The van der Waals surface area contributed by atoms with E-state index in [1.54, 1.807) is 20.2 Å². The molecule has 0 fully saturated rings. The third-order valence-corrected chi connectivity index (χ3v) is 3.17. The third kappa shape index (κ3) is 9.72. The Balaban J connectivity index is 0. The van der Waals surface area contributed by atoms with Gasteiger partial charge < -0.3 is 10.2 Å². The van der Waals surface area contributed by atoms with E-state index < -0.39 is 0 Å². The molecular formula is C19H34N2O2. The zero-order valence-electron chi connectivity index (χ0n) is 16.1. The minimum absolute atomic E-state index is 0.0120. The number of hydrogen-bond acceptors (Lipinski definition) is 2. The summed E-state index contributed by atoms with van der Waals surface area (Å²) < 4.78 is 0. The molecule has 0 saturated carbocycles. The zero-order valence-corrected chi connectivity index (χ0v) is 16.1. The maximum absolute atomic E-state index is 12.0. The predicted molar refractivity (Wildman–Crippen MR) is 99.1 cm³/mol. The van der Waals surface area contributed by atoms with Crippen LogP contribution in [0.15, 0.2) is 36.0 Å². The highest BCUT2D eigenvalue weighted by Gasteiger charge is 2.10. The lowest BCUT2D eigenvalue weighted by atomic mass is 9.92. The van der Waals surface area contributed by atoms with Crippen molar-refractivity contribution in [2.45, 2.75) is 41.5 Å². The highest BCUT2D eigenvalue weighted by molar-refractivity contribution is 5.98. The maximum Gasteiger partial charge on any atom is 0.251 e. The van der Waals surface area contributed by atoms with Gasteiger partial charge in [0.1, 0.15) is 0 Å². The molecule has 0 heterocycles. The molecule has 0 saturated heterocycles. The number of rotatable bonds is 7. The lowest BCUT2D eigenvalue weighted by molar-refractivity contribution is -0.129. The standard InChI is InChI=1S/C17H28N2O2.C2H6/c1-8-14(9-10-15(12(2)3)13(4)5)17(21)18-11-16(20)19(6)7;1-2/h8-10,12-13H,1,11H2,2-7H3,(H,18,21);1-2H3/b14-9+;. The molecule has 0 unspecified atom stereocenters. The van der Waals surface area contributed by atoms with Crippen LogP contribution in [0.3, 0.4) is 0 Å². The first kappa shape index (κ1) is 23.4. The Morgan fingerprint density at radius 2 is 1.52 bits per heavy atom. The smallest absolute Gasteiger partial charge is 0.251 e. The van der Waals surface area contributed by atoms with E-state index >= 15 is 0 Å². The number of hydrogen-bond donors (Lipinski definition) is 1. The summed E-state index contributed by atoms with van der Waals surface area (Å²) in [5.74, 6) is 0.409. The monoisotopic (exact) mass is 322 g/mol. The first-order chi connectivity index (χ1) is 10.7. The molecule has 0 atom stereocenters. The van der Waals surface area contributed by atoms with Gasteiger partial charge in [0, 0.05) is 19.7 Å². The molecule has 0 rings (SSSR count). The summed E-state index contributed by atoms with van der Waals surface area (Å²) in [7, 11) is 3.30. The molecule has 0 radical (unpaired) electrons. The van der Waals surface area contributed by atoms with Crippen molar-refractivity contribution in [3.63, 3.8) is 0 Å². The van der Waals surface area contributed by atoms with Gasteiger partial charge in [-0.3, -0.25) is 9.59 Å². The number of allylic oxidation sites excluding steroid dienone is 3. The van der Waals surface area contributed by atoms with Crippen LogP contribution in [-0.4, -0.2) is 37.4 Å². The topological polar surface area (TPSA) is 49.4 Å². The quantitative estimate of drug-likeness (QED) is 0.575. The van der Waals surface area contributed by atoms with Crippen LogP contribution in [0.1, 0.15) is 41.5 Å². The van der Waals surface area contributed by atoms with Crippen LogP contribution in [0, 0.1) is 11.8 Å². The van der Waals surface area contributed by atoms with Crippen molar-refractivity contribution in [1.82, 2.24) is 10.2 Å². The normalized spacial score (nSPS) is 10.6. The van der Waals surface area contributed by atoms with Crippen LogP contribution >= 0.6 is 0 Å². The van der Waals surface area contributed by atoms with Crippen LogP contribution < -0.4 is 5.32 Å². The second-order valence-corrected chi connectivity index (χ2v) is 5.77. The van der Waals surface area contributed by atoms with Crippen molar-refractivity contribution >= 4 is 11.8 Å². The average Bonchev–Trinajstić information content (AvgIpc) is 2.49. The number of likely N-dealkylation sites (N-methyl/N-ethyl adjacent to an activating group) is 1. The number of carbonyl (C=O) groups excluding carboxylic acids is 2. The largest absolute Gasteiger partial charge is 0.347 e. The van der Waals surface area contributed by atoms with Crippen LogP contribution in [0.5, 0.6) is 0 Å². The fraction of sp³-hybridized carbons (Fsp3) is 0.579. The second kappa shape index (κ2) is 12.7. The van der Waals surface area contributed by atoms with Gasteiger partial charge in [-0.25, -0.2) is 0 Å². The molecule has 2 amide bonds. The predicted octanol–water partition coefficient (Wildman–Crippen LogP) is 3.57. The van der Waals surface area contributed by atoms with Crippen molar-refractivity contribution in [3.05, 3.63) is 36.0 Å². The molecule has 1 N–H and O–H groups in total. The summed E-state index contributed by atoms with van der Waals surface area (Å²) in [6.45, 7) is 16.2. The van der Waals surface area contributed by atoms with E-state index in [1.807, 2.05) is 19.9 Å². The summed E-state index contributed by atoms with van der Waals surface area (Å²) in [6.07, 6.45) is 5.24. The summed E-state index contributed by atoms with van der Waals surface area (Å²) in [5, 5.41) is 2.60. The Morgan fingerprint density at radius 1 is 1.04 bits per heavy atom. The molecule has 4 nitrogen and oxygen atoms in total. The molecule has 132 valence electrons. The molecule has 0 aliphatic rings. The fourth-order valence-corrected chi connectivity index (χ4v) is 1.89. The third-order valence-electron chi connectivity index (χ3n) is 3.17. The Bertz CT molecular complexity index is 434. The molecule has 0 aliphatic carbocycles. The minimum atomic E-state index is -0.289. The lowest BCUT2D eigenvalue weighted by Gasteiger charge is -2.15. The van der Waals surface area contributed by atoms with E-state index in [-0.39, 0.29) is 18.4 Å². The number of amides is 2. The van der Waals surface area contributed by atoms with Gasteiger partial charge in [0.05, 0.1) is 6.54 Å². The molecule has 0 aromatic heterocycles. The second-order valence-electron chi connectivity index (χ2n) is 5.77. The first-order valence-electron chi connectivity index (χ1n) is 8.23. The summed E-state index contributed by atoms with van der Waals surface area (Å²) in [5.41, 5.74) is 1.73. The van der Waals surface area contributed by atoms with Crippen LogP contribution in [0.25, 0.3) is 0 Å². The maximum atomic E-state index is 12.0. The molecule has 23 heavy (non-hydrogen) atoms. The molecule has 0 aromatic rings. The Morgan fingerprint density at radius 3 is 1.87 bits per heavy atom. The van der Waals surface area contributed by atoms with Crippen LogP contribution in [0.2, 0.25) is 0 Å². The van der Waals surface area contributed by atoms with Crippen molar-refractivity contribution in [1.29, 1.82) is 0 Å². The van der Waals surface area contributed by atoms with Crippen molar-refractivity contribution in [3.8, 4) is 0 Å². The van der Waals surface area contributed by atoms with Crippen molar-refractivity contribution in [2.24, 2.45) is 11.8 Å². The summed E-state index contributed by atoms with van der Waals surface area (Å²) in [6, 6.07) is 0. The molecule has 4 heteroatoms. The van der Waals surface area contributed by atoms with Crippen LogP contribution in [0.4, 0.5) is 0 Å². The van der Waals surface area contributed by atoms with Crippen molar-refractivity contribution < 1.29 is 9.59 Å². The van der Waals surface area contributed by atoms with Gasteiger partial charge in [0.15, 0.2) is 0 Å². The van der Waals surface area contributed by atoms with E-state index in [0.717, 1.165) is 0 Å². The van der Waals surface area contributed by atoms with E-state index in [9.17, 15) is 9.59 Å². The van der Waals surface area contributed by atoms with Crippen molar-refractivity contribution in [2.75, 3.05) is 20.6 Å². The number of carbonyl (C=O) groups is 2. The Labute approximate surface area is 142 Å². The van der Waals surface area contributed by atoms with Gasteiger partial charge in [-0.2, -0.15) is 0 Å². The van der Waals surface area contributed by atoms with Gasteiger partial charge in [-0.1, -0.05) is 65.8 Å². The van der Waals surface area contributed by atoms with E-state index in [4.69, 9.17) is 0 Å². The van der Waals surface area contributed by atoms with Gasteiger partial charge in [-0.15, -0.1) is 0 Å². The SMILES string of the molecule is C=C/C(=C\C=C(C(C)C)C(C)C)C(=O)NCC(=O)N(C)C.CC. The van der Waals surface area contributed by atoms with Gasteiger partial charge in [-0.05, 0) is 17.9 Å². The van der Waals surface area contributed by atoms with E-state index in [0.29, 0.717) is 17.4 Å². The number of nitrogens with zero attached hydrogens (tertiary/aromatic N) is 1. The fourth-order valence-electron chi connectivity index (χ4n) is 1.89. The van der Waals surface area contributed by atoms with E-state index in [1.165, 1.54) is 16.5 Å². The highest BCUT2D eigenvalue weighted by Crippen LogP contribution is 2.19. The minimum Gasteiger partial charge on any atom is -0.347 e. The summed E-state index contributed by atoms with van der Waals surface area (Å²) >= 11 is 0. The zero-order chi connectivity index (χ0) is 18.6. The molecule has 0 spiro atoms. The van der Waals surface area contributed by atoms with E-state index in [2.05, 4.69) is 39.6 Å². The molecular weight excluding hydrogens is 288 g/mol. The molecule has 0 aliphatic heterocycles. The lowest BCUT2D eigenvalue weighted by Crippen LogP contribution is -2.36. The number of nitrogens with one attached hydrogen (secondary N) is 1. The highest BCUT2D eigenvalue weighted by atomic mass is 16.2. The average molecular weight is 322 g/mol. The summed E-state index contributed by atoms with van der Waals surface area (Å²) in [4.78, 5) is 24.9.